The zero-order chi connectivity index (χ0) is 20.3. The Hall–Kier alpha value is -3.14. The van der Waals surface area contributed by atoms with Crippen LogP contribution < -0.4 is 15.4 Å². The molecule has 3 N–H and O–H groups in total. The number of hydrogen-bond donors (Lipinski definition) is 3. The quantitative estimate of drug-likeness (QED) is 0.544. The number of H-pyrrole nitrogens is 1. The van der Waals surface area contributed by atoms with Crippen molar-refractivity contribution < 1.29 is 23.1 Å². The number of ether oxygens (including phenoxy) is 1. The molecular weight excluding hydrogens is 390 g/mol. The molecule has 0 fully saturated rings. The number of nitrogens with zero attached hydrogens (tertiary/aromatic N) is 1. The normalized spacial score (nSPS) is 10.7. The average Bonchev–Trinajstić information content (AvgIpc) is 3.02. The van der Waals surface area contributed by atoms with Gasteiger partial charge in [-0.25, -0.2) is 13.8 Å². The second-order valence-corrected chi connectivity index (χ2v) is 6.72. The number of carbonyl (C=O) groups is 2. The first-order chi connectivity index (χ1) is 13.4. The molecule has 0 radical (unpaired) electrons. The average molecular weight is 406 g/mol. The number of halogens is 2. The number of aromatic nitrogens is 2. The van der Waals surface area contributed by atoms with Crippen molar-refractivity contribution in [3.05, 3.63) is 42.0 Å². The standard InChI is InChI=1S/C18H16F2N4O3S/c1-9(25)21-10-3-4-16(27-2)15(5-10)22-17(26)8-28-18-23-13-6-11(19)12(20)7-14(13)24-18/h3-7H,8H2,1-2H3,(H,21,25)(H,22,26)(H,23,24). The van der Waals surface area contributed by atoms with E-state index in [1.54, 1.807) is 18.2 Å². The molecule has 10 heteroatoms. The summed E-state index contributed by atoms with van der Waals surface area (Å²) in [5.41, 5.74) is 1.52. The molecule has 28 heavy (non-hydrogen) atoms. The maximum Gasteiger partial charge on any atom is 0.234 e. The Kier molecular flexibility index (Phi) is 5.78. The summed E-state index contributed by atoms with van der Waals surface area (Å²) >= 11 is 1.08. The summed E-state index contributed by atoms with van der Waals surface area (Å²) in [4.78, 5) is 30.4. The van der Waals surface area contributed by atoms with Crippen LogP contribution in [0.4, 0.5) is 20.2 Å². The molecule has 0 spiro atoms. The van der Waals surface area contributed by atoms with E-state index in [4.69, 9.17) is 4.74 Å². The second kappa shape index (κ2) is 8.26. The summed E-state index contributed by atoms with van der Waals surface area (Å²) in [6, 6.07) is 6.85. The fourth-order valence-corrected chi connectivity index (χ4v) is 3.14. The molecular formula is C18H16F2N4O3S. The van der Waals surface area contributed by atoms with E-state index < -0.39 is 11.6 Å². The molecule has 0 unspecified atom stereocenters. The molecule has 0 bridgehead atoms. The minimum atomic E-state index is -0.987. The molecule has 1 aromatic heterocycles. The van der Waals surface area contributed by atoms with Crippen molar-refractivity contribution in [1.82, 2.24) is 9.97 Å². The molecule has 0 saturated heterocycles. The molecule has 2 aromatic carbocycles. The van der Waals surface area contributed by atoms with E-state index in [-0.39, 0.29) is 23.1 Å². The van der Waals surface area contributed by atoms with Gasteiger partial charge in [0.2, 0.25) is 11.8 Å². The number of amides is 2. The maximum atomic E-state index is 13.3. The summed E-state index contributed by atoms with van der Waals surface area (Å²) < 4.78 is 31.7. The van der Waals surface area contributed by atoms with Crippen molar-refractivity contribution in [2.24, 2.45) is 0 Å². The van der Waals surface area contributed by atoms with Gasteiger partial charge in [0.25, 0.3) is 0 Å². The predicted molar refractivity (Wildman–Crippen MR) is 103 cm³/mol. The zero-order valence-electron chi connectivity index (χ0n) is 14.9. The molecule has 0 aliphatic rings. The first-order valence-corrected chi connectivity index (χ1v) is 9.07. The first-order valence-electron chi connectivity index (χ1n) is 8.08. The van der Waals surface area contributed by atoms with Gasteiger partial charge in [-0.05, 0) is 18.2 Å². The smallest absolute Gasteiger partial charge is 0.234 e. The minimum absolute atomic E-state index is 0.00168. The van der Waals surface area contributed by atoms with Crippen LogP contribution in [0.25, 0.3) is 11.0 Å². The van der Waals surface area contributed by atoms with Gasteiger partial charge < -0.3 is 20.4 Å². The largest absolute Gasteiger partial charge is 0.495 e. The Morgan fingerprint density at radius 1 is 1.18 bits per heavy atom. The number of nitrogens with one attached hydrogen (secondary N) is 3. The number of rotatable bonds is 6. The summed E-state index contributed by atoms with van der Waals surface area (Å²) in [7, 11) is 1.46. The van der Waals surface area contributed by atoms with Crippen molar-refractivity contribution in [2.75, 3.05) is 23.5 Å². The van der Waals surface area contributed by atoms with Crippen molar-refractivity contribution in [3.63, 3.8) is 0 Å². The number of benzene rings is 2. The van der Waals surface area contributed by atoms with Gasteiger partial charge in [-0.2, -0.15) is 0 Å². The third kappa shape index (κ3) is 4.58. The first kappa shape index (κ1) is 19.6. The molecule has 3 rings (SSSR count). The minimum Gasteiger partial charge on any atom is -0.495 e. The fraction of sp³-hybridized carbons (Fsp3) is 0.167. The Morgan fingerprint density at radius 3 is 2.64 bits per heavy atom. The molecule has 3 aromatic rings. The Labute approximate surface area is 162 Å². The lowest BCUT2D eigenvalue weighted by Crippen LogP contribution is -2.15. The van der Waals surface area contributed by atoms with Crippen LogP contribution in [0.3, 0.4) is 0 Å². The van der Waals surface area contributed by atoms with Crippen LogP contribution in [-0.4, -0.2) is 34.6 Å². The van der Waals surface area contributed by atoms with Crippen molar-refractivity contribution in [3.8, 4) is 5.75 Å². The zero-order valence-corrected chi connectivity index (χ0v) is 15.7. The van der Waals surface area contributed by atoms with Crippen LogP contribution in [0.15, 0.2) is 35.5 Å². The van der Waals surface area contributed by atoms with Crippen LogP contribution in [0.5, 0.6) is 5.75 Å². The molecule has 1 heterocycles. The summed E-state index contributed by atoms with van der Waals surface area (Å²) in [5, 5.41) is 5.68. The van der Waals surface area contributed by atoms with Gasteiger partial charge in [-0.3, -0.25) is 9.59 Å². The van der Waals surface area contributed by atoms with E-state index in [0.717, 1.165) is 23.9 Å². The number of imidazole rings is 1. The lowest BCUT2D eigenvalue weighted by molar-refractivity contribution is -0.114. The highest BCUT2D eigenvalue weighted by Crippen LogP contribution is 2.28. The number of aromatic amines is 1. The van der Waals surface area contributed by atoms with Gasteiger partial charge in [0.1, 0.15) is 5.75 Å². The number of thioether (sulfide) groups is 1. The van der Waals surface area contributed by atoms with Gasteiger partial charge in [-0.1, -0.05) is 11.8 Å². The van der Waals surface area contributed by atoms with E-state index >= 15 is 0 Å². The Bertz CT molecular complexity index is 1020. The van der Waals surface area contributed by atoms with E-state index in [0.29, 0.717) is 27.8 Å². The molecule has 0 aliphatic carbocycles. The topological polar surface area (TPSA) is 96.1 Å². The number of hydrogen-bond acceptors (Lipinski definition) is 5. The van der Waals surface area contributed by atoms with Crippen molar-refractivity contribution in [2.45, 2.75) is 12.1 Å². The molecule has 0 saturated carbocycles. The highest BCUT2D eigenvalue weighted by molar-refractivity contribution is 7.99. The Balaban J connectivity index is 1.68. The summed E-state index contributed by atoms with van der Waals surface area (Å²) in [5.74, 6) is -2.12. The molecule has 146 valence electrons. The van der Waals surface area contributed by atoms with Gasteiger partial charge >= 0.3 is 0 Å². The van der Waals surface area contributed by atoms with Crippen LogP contribution in [0.2, 0.25) is 0 Å². The third-order valence-corrected chi connectivity index (χ3v) is 4.51. The second-order valence-electron chi connectivity index (χ2n) is 5.76. The lowest BCUT2D eigenvalue weighted by Gasteiger charge is -2.12. The lowest BCUT2D eigenvalue weighted by atomic mass is 10.2. The fourth-order valence-electron chi connectivity index (χ4n) is 2.46. The number of carbonyl (C=O) groups excluding carboxylic acids is 2. The summed E-state index contributed by atoms with van der Waals surface area (Å²) in [6.45, 7) is 1.38. The molecule has 7 nitrogen and oxygen atoms in total. The van der Waals surface area contributed by atoms with Gasteiger partial charge in [0.05, 0.1) is 29.6 Å². The SMILES string of the molecule is COc1ccc(NC(C)=O)cc1NC(=O)CSc1nc2cc(F)c(F)cc2[nH]1. The highest BCUT2D eigenvalue weighted by Gasteiger charge is 2.13. The van der Waals surface area contributed by atoms with E-state index in [1.807, 2.05) is 0 Å². The molecule has 0 atom stereocenters. The number of anilines is 2. The van der Waals surface area contributed by atoms with Gasteiger partial charge in [0, 0.05) is 24.7 Å². The van der Waals surface area contributed by atoms with Crippen LogP contribution >= 0.6 is 11.8 Å². The van der Waals surface area contributed by atoms with E-state index in [2.05, 4.69) is 20.6 Å². The van der Waals surface area contributed by atoms with Crippen molar-refractivity contribution >= 4 is 46.0 Å². The monoisotopic (exact) mass is 406 g/mol. The van der Waals surface area contributed by atoms with E-state index in [1.165, 1.54) is 14.0 Å². The van der Waals surface area contributed by atoms with Crippen LogP contribution in [0.1, 0.15) is 6.92 Å². The van der Waals surface area contributed by atoms with Gasteiger partial charge in [0.15, 0.2) is 16.8 Å². The Morgan fingerprint density at radius 2 is 1.93 bits per heavy atom. The maximum absolute atomic E-state index is 13.3. The summed E-state index contributed by atoms with van der Waals surface area (Å²) in [6.07, 6.45) is 0. The van der Waals surface area contributed by atoms with Crippen LogP contribution in [0, 0.1) is 11.6 Å². The van der Waals surface area contributed by atoms with Gasteiger partial charge in [-0.15, -0.1) is 0 Å². The third-order valence-electron chi connectivity index (χ3n) is 3.64. The highest BCUT2D eigenvalue weighted by atomic mass is 32.2. The molecule has 2 amide bonds. The predicted octanol–water partition coefficient (Wildman–Crippen LogP) is 3.54. The molecule has 0 aliphatic heterocycles. The van der Waals surface area contributed by atoms with E-state index in [9.17, 15) is 18.4 Å². The van der Waals surface area contributed by atoms with Crippen molar-refractivity contribution in [1.29, 1.82) is 0 Å². The number of fused-ring (bicyclic) bond motifs is 1. The number of methoxy groups -OCH3 is 1. The van der Waals surface area contributed by atoms with Crippen LogP contribution in [-0.2, 0) is 9.59 Å².